The third-order valence-corrected chi connectivity index (χ3v) is 4.96. The highest BCUT2D eigenvalue weighted by atomic mass is 32.2. The van der Waals surface area contributed by atoms with Crippen molar-refractivity contribution in [3.63, 3.8) is 0 Å². The lowest BCUT2D eigenvalue weighted by Crippen LogP contribution is -2.30. The van der Waals surface area contributed by atoms with E-state index in [1.807, 2.05) is 18.0 Å². The summed E-state index contributed by atoms with van der Waals surface area (Å²) < 4.78 is 8.51. The van der Waals surface area contributed by atoms with Crippen LogP contribution in [-0.2, 0) is 12.8 Å². The Hall–Kier alpha value is -0.930. The van der Waals surface area contributed by atoms with Gasteiger partial charge in [0.25, 0.3) is 0 Å². The summed E-state index contributed by atoms with van der Waals surface area (Å²) in [5, 5.41) is 0.529. The molecule has 0 spiro atoms. The van der Waals surface area contributed by atoms with Crippen molar-refractivity contribution >= 4 is 11.9 Å². The Labute approximate surface area is 133 Å². The van der Waals surface area contributed by atoms with Crippen LogP contribution in [-0.4, -0.2) is 29.3 Å². The first-order valence-electron chi connectivity index (χ1n) is 8.04. The molecule has 0 saturated carbocycles. The SMILES string of the molecule is C=CCc1cccc2c1CC(SN(CCC)CCC)CO2. The van der Waals surface area contributed by atoms with Gasteiger partial charge in [0.1, 0.15) is 12.4 Å². The summed E-state index contributed by atoms with van der Waals surface area (Å²) in [5.41, 5.74) is 2.75. The Morgan fingerprint density at radius 3 is 2.76 bits per heavy atom. The van der Waals surface area contributed by atoms with E-state index in [-0.39, 0.29) is 0 Å². The van der Waals surface area contributed by atoms with Crippen LogP contribution < -0.4 is 4.74 Å². The van der Waals surface area contributed by atoms with Crippen LogP contribution in [0.5, 0.6) is 5.75 Å². The van der Waals surface area contributed by atoms with Gasteiger partial charge in [-0.05, 0) is 42.9 Å². The summed E-state index contributed by atoms with van der Waals surface area (Å²) in [4.78, 5) is 0. The van der Waals surface area contributed by atoms with Crippen LogP contribution in [0.3, 0.4) is 0 Å². The van der Waals surface area contributed by atoms with Crippen molar-refractivity contribution in [1.82, 2.24) is 4.31 Å². The second-order valence-electron chi connectivity index (χ2n) is 5.56. The molecule has 1 aliphatic heterocycles. The topological polar surface area (TPSA) is 12.5 Å². The van der Waals surface area contributed by atoms with Crippen molar-refractivity contribution < 1.29 is 4.74 Å². The number of hydrogen-bond acceptors (Lipinski definition) is 3. The molecule has 2 nitrogen and oxygen atoms in total. The summed E-state index contributed by atoms with van der Waals surface area (Å²) in [6.07, 6.45) is 6.43. The van der Waals surface area contributed by atoms with Crippen LogP contribution in [0.25, 0.3) is 0 Å². The predicted octanol–water partition coefficient (Wildman–Crippen LogP) is 4.49. The van der Waals surface area contributed by atoms with Gasteiger partial charge in [0, 0.05) is 13.1 Å². The van der Waals surface area contributed by atoms with Crippen LogP contribution in [0, 0.1) is 0 Å². The average molecular weight is 305 g/mol. The first-order valence-corrected chi connectivity index (χ1v) is 8.88. The number of hydrogen-bond donors (Lipinski definition) is 0. The lowest BCUT2D eigenvalue weighted by atomic mass is 9.98. The minimum absolute atomic E-state index is 0.529. The van der Waals surface area contributed by atoms with Gasteiger partial charge in [0.15, 0.2) is 0 Å². The van der Waals surface area contributed by atoms with Gasteiger partial charge in [0.2, 0.25) is 0 Å². The molecule has 0 fully saturated rings. The van der Waals surface area contributed by atoms with Crippen LogP contribution in [0.2, 0.25) is 0 Å². The third kappa shape index (κ3) is 4.52. The molecule has 3 heteroatoms. The number of fused-ring (bicyclic) bond motifs is 1. The van der Waals surface area contributed by atoms with E-state index < -0.39 is 0 Å². The molecule has 1 unspecified atom stereocenters. The predicted molar refractivity (Wildman–Crippen MR) is 93.1 cm³/mol. The standard InChI is InChI=1S/C18H27NOS/c1-4-8-15-9-7-10-18-17(15)13-16(14-20-18)21-19(11-5-2)12-6-3/h4,7,9-10,16H,1,5-6,8,11-14H2,2-3H3. The second kappa shape index (κ2) is 8.50. The lowest BCUT2D eigenvalue weighted by Gasteiger charge is -2.30. The Kier molecular flexibility index (Phi) is 6.65. The van der Waals surface area contributed by atoms with E-state index >= 15 is 0 Å². The molecule has 0 radical (unpaired) electrons. The van der Waals surface area contributed by atoms with Crippen molar-refractivity contribution in [2.24, 2.45) is 0 Å². The Morgan fingerprint density at radius 2 is 2.10 bits per heavy atom. The highest BCUT2D eigenvalue weighted by Gasteiger charge is 2.24. The van der Waals surface area contributed by atoms with Crippen molar-refractivity contribution in [2.45, 2.75) is 44.8 Å². The van der Waals surface area contributed by atoms with Gasteiger partial charge in [-0.1, -0.05) is 44.0 Å². The zero-order valence-corrected chi connectivity index (χ0v) is 14.1. The van der Waals surface area contributed by atoms with E-state index in [1.54, 1.807) is 0 Å². The fourth-order valence-corrected chi connectivity index (χ4v) is 4.16. The number of benzene rings is 1. The zero-order chi connectivity index (χ0) is 15.1. The van der Waals surface area contributed by atoms with Crippen molar-refractivity contribution in [3.8, 4) is 5.75 Å². The summed E-state index contributed by atoms with van der Waals surface area (Å²) in [5.74, 6) is 1.07. The Bertz CT molecular complexity index is 455. The molecular formula is C18H27NOS. The summed E-state index contributed by atoms with van der Waals surface area (Å²) >= 11 is 1.99. The fourth-order valence-electron chi connectivity index (χ4n) is 2.79. The number of ether oxygens (including phenoxy) is 1. The van der Waals surface area contributed by atoms with E-state index in [1.165, 1.54) is 24.0 Å². The monoisotopic (exact) mass is 305 g/mol. The number of rotatable bonds is 8. The smallest absolute Gasteiger partial charge is 0.122 e. The Balaban J connectivity index is 2.05. The summed E-state index contributed by atoms with van der Waals surface area (Å²) in [6.45, 7) is 11.5. The maximum atomic E-state index is 6.00. The van der Waals surface area contributed by atoms with Gasteiger partial charge in [-0.15, -0.1) is 6.58 Å². The first-order chi connectivity index (χ1) is 10.3. The van der Waals surface area contributed by atoms with Crippen LogP contribution in [0.4, 0.5) is 0 Å². The Morgan fingerprint density at radius 1 is 1.33 bits per heavy atom. The van der Waals surface area contributed by atoms with Crippen molar-refractivity contribution in [3.05, 3.63) is 42.0 Å². The molecular weight excluding hydrogens is 278 g/mol. The molecule has 1 atom stereocenters. The summed E-state index contributed by atoms with van der Waals surface area (Å²) in [6, 6.07) is 6.39. The lowest BCUT2D eigenvalue weighted by molar-refractivity contribution is 0.290. The molecule has 2 rings (SSSR count). The van der Waals surface area contributed by atoms with E-state index in [2.05, 4.69) is 42.9 Å². The third-order valence-electron chi connectivity index (χ3n) is 3.69. The van der Waals surface area contributed by atoms with Crippen LogP contribution in [0.1, 0.15) is 37.8 Å². The second-order valence-corrected chi connectivity index (χ2v) is 6.95. The van der Waals surface area contributed by atoms with E-state index in [4.69, 9.17) is 4.74 Å². The van der Waals surface area contributed by atoms with Crippen molar-refractivity contribution in [2.75, 3.05) is 19.7 Å². The van der Waals surface area contributed by atoms with Gasteiger partial charge in [-0.25, -0.2) is 0 Å². The maximum absolute atomic E-state index is 6.00. The van der Waals surface area contributed by atoms with E-state index in [9.17, 15) is 0 Å². The highest BCUT2D eigenvalue weighted by Crippen LogP contribution is 2.33. The zero-order valence-electron chi connectivity index (χ0n) is 13.3. The molecule has 0 bridgehead atoms. The number of nitrogens with zero attached hydrogens (tertiary/aromatic N) is 1. The molecule has 1 heterocycles. The van der Waals surface area contributed by atoms with Gasteiger partial charge in [0.05, 0.1) is 5.25 Å². The molecule has 0 aromatic heterocycles. The average Bonchev–Trinajstić information content (AvgIpc) is 2.49. The number of allylic oxidation sites excluding steroid dienone is 1. The molecule has 116 valence electrons. The minimum atomic E-state index is 0.529. The quantitative estimate of drug-likeness (QED) is 0.519. The summed E-state index contributed by atoms with van der Waals surface area (Å²) in [7, 11) is 0. The molecule has 1 aliphatic rings. The van der Waals surface area contributed by atoms with Crippen LogP contribution >= 0.6 is 11.9 Å². The van der Waals surface area contributed by atoms with Crippen molar-refractivity contribution in [1.29, 1.82) is 0 Å². The van der Waals surface area contributed by atoms with E-state index in [0.717, 1.165) is 38.3 Å². The molecule has 0 aliphatic carbocycles. The molecule has 0 amide bonds. The first kappa shape index (κ1) is 16.4. The minimum Gasteiger partial charge on any atom is -0.492 e. The van der Waals surface area contributed by atoms with E-state index in [0.29, 0.717) is 5.25 Å². The van der Waals surface area contributed by atoms with Gasteiger partial charge < -0.3 is 4.74 Å². The molecule has 1 aromatic rings. The van der Waals surface area contributed by atoms with Gasteiger partial charge in [-0.3, -0.25) is 4.31 Å². The van der Waals surface area contributed by atoms with Gasteiger partial charge in [-0.2, -0.15) is 0 Å². The largest absolute Gasteiger partial charge is 0.492 e. The highest BCUT2D eigenvalue weighted by molar-refractivity contribution is 7.97. The molecule has 0 N–H and O–H groups in total. The fraction of sp³-hybridized carbons (Fsp3) is 0.556. The van der Waals surface area contributed by atoms with Crippen LogP contribution in [0.15, 0.2) is 30.9 Å². The molecule has 21 heavy (non-hydrogen) atoms. The normalized spacial score (nSPS) is 17.4. The molecule has 0 saturated heterocycles. The maximum Gasteiger partial charge on any atom is 0.122 e. The molecule has 1 aromatic carbocycles. The van der Waals surface area contributed by atoms with Gasteiger partial charge >= 0.3 is 0 Å².